The number of methoxy groups -OCH3 is 1. The van der Waals surface area contributed by atoms with Crippen molar-refractivity contribution < 1.29 is 14.3 Å². The molecule has 1 aliphatic rings. The lowest BCUT2D eigenvalue weighted by Gasteiger charge is -2.23. The molecule has 1 aromatic heterocycles. The average Bonchev–Trinajstić information content (AvgIpc) is 3.16. The van der Waals surface area contributed by atoms with Gasteiger partial charge in [-0.15, -0.1) is 11.3 Å². The number of hydrogen-bond donors (Lipinski definition) is 0. The highest BCUT2D eigenvalue weighted by Crippen LogP contribution is 2.36. The number of carbonyl (C=O) groups excluding carboxylic acids is 1. The third-order valence-electron chi connectivity index (χ3n) is 3.83. The van der Waals surface area contributed by atoms with E-state index in [1.54, 1.807) is 18.4 Å². The maximum absolute atomic E-state index is 12.3. The van der Waals surface area contributed by atoms with Gasteiger partial charge in [0.05, 0.1) is 29.5 Å². The molecule has 1 aliphatic heterocycles. The van der Waals surface area contributed by atoms with E-state index in [4.69, 9.17) is 14.5 Å². The normalized spacial score (nSPS) is 18.2. The molecule has 2 aromatic rings. The summed E-state index contributed by atoms with van der Waals surface area (Å²) in [5.41, 5.74) is 1.01. The largest absolute Gasteiger partial charge is 0.382 e. The minimum absolute atomic E-state index is 0.0397. The van der Waals surface area contributed by atoms with Crippen LogP contribution in [0.15, 0.2) is 24.3 Å². The number of para-hydroxylation sites is 1. The fourth-order valence-corrected chi connectivity index (χ4v) is 3.85. The number of rotatable bonds is 6. The molecule has 0 N–H and O–H groups in total. The molecule has 1 saturated heterocycles. The van der Waals surface area contributed by atoms with Crippen molar-refractivity contribution in [3.63, 3.8) is 0 Å². The van der Waals surface area contributed by atoms with Crippen LogP contribution >= 0.6 is 11.3 Å². The zero-order chi connectivity index (χ0) is 15.4. The lowest BCUT2D eigenvalue weighted by molar-refractivity contribution is -0.137. The lowest BCUT2D eigenvalue weighted by Crippen LogP contribution is -2.33. The molecule has 1 amide bonds. The Balaban J connectivity index is 1.68. The predicted molar refractivity (Wildman–Crippen MR) is 86.0 cm³/mol. The maximum atomic E-state index is 12.3. The van der Waals surface area contributed by atoms with Gasteiger partial charge in [-0.3, -0.25) is 4.79 Å². The Kier molecular flexibility index (Phi) is 5.02. The second kappa shape index (κ2) is 7.17. The van der Waals surface area contributed by atoms with Gasteiger partial charge in [-0.05, 0) is 25.0 Å². The summed E-state index contributed by atoms with van der Waals surface area (Å²) in [5, 5.41) is 1.03. The lowest BCUT2D eigenvalue weighted by atomic mass is 10.2. The highest BCUT2D eigenvalue weighted by Gasteiger charge is 2.32. The number of amides is 1. The molecular weight excluding hydrogens is 300 g/mol. The Bertz CT molecular complexity index is 610. The highest BCUT2D eigenvalue weighted by atomic mass is 32.1. The van der Waals surface area contributed by atoms with Crippen LogP contribution < -0.4 is 0 Å². The number of carbonyl (C=O) groups is 1. The average molecular weight is 320 g/mol. The zero-order valence-corrected chi connectivity index (χ0v) is 13.5. The van der Waals surface area contributed by atoms with Crippen molar-refractivity contribution >= 4 is 27.5 Å². The van der Waals surface area contributed by atoms with E-state index in [0.29, 0.717) is 13.2 Å². The van der Waals surface area contributed by atoms with E-state index in [0.717, 1.165) is 29.9 Å². The molecule has 118 valence electrons. The van der Waals surface area contributed by atoms with E-state index < -0.39 is 0 Å². The number of benzene rings is 1. The summed E-state index contributed by atoms with van der Waals surface area (Å²) in [4.78, 5) is 19.0. The Hall–Kier alpha value is -1.50. The molecule has 0 bridgehead atoms. The van der Waals surface area contributed by atoms with Crippen molar-refractivity contribution in [2.24, 2.45) is 0 Å². The Morgan fingerprint density at radius 3 is 3.09 bits per heavy atom. The quantitative estimate of drug-likeness (QED) is 0.768. The molecule has 0 radical (unpaired) electrons. The minimum Gasteiger partial charge on any atom is -0.382 e. The first-order valence-corrected chi connectivity index (χ1v) is 8.33. The van der Waals surface area contributed by atoms with Crippen LogP contribution in [0.5, 0.6) is 0 Å². The molecule has 1 unspecified atom stereocenters. The Morgan fingerprint density at radius 1 is 1.41 bits per heavy atom. The molecule has 1 fully saturated rings. The van der Waals surface area contributed by atoms with E-state index in [1.165, 1.54) is 4.70 Å². The smallest absolute Gasteiger partial charge is 0.249 e. The van der Waals surface area contributed by atoms with Crippen molar-refractivity contribution in [3.8, 4) is 0 Å². The fourth-order valence-electron chi connectivity index (χ4n) is 2.74. The third kappa shape index (κ3) is 3.29. The molecule has 0 saturated carbocycles. The summed E-state index contributed by atoms with van der Waals surface area (Å²) >= 11 is 1.68. The summed E-state index contributed by atoms with van der Waals surface area (Å²) in [6, 6.07) is 8.20. The van der Waals surface area contributed by atoms with E-state index in [2.05, 4.69) is 6.07 Å². The summed E-state index contributed by atoms with van der Waals surface area (Å²) in [6.07, 6.45) is 1.99. The second-order valence-electron chi connectivity index (χ2n) is 5.31. The Labute approximate surface area is 133 Å². The molecule has 1 aromatic carbocycles. The second-order valence-corrected chi connectivity index (χ2v) is 6.37. The van der Waals surface area contributed by atoms with Gasteiger partial charge in [0.25, 0.3) is 0 Å². The fraction of sp³-hybridized carbons (Fsp3) is 0.500. The van der Waals surface area contributed by atoms with Gasteiger partial charge < -0.3 is 14.4 Å². The van der Waals surface area contributed by atoms with Crippen LogP contribution in [0.4, 0.5) is 0 Å². The SMILES string of the molecule is COCCOCC(=O)N1CCCC1c1nc2ccccc2s1. The summed E-state index contributed by atoms with van der Waals surface area (Å²) in [5.74, 6) is 0.0397. The van der Waals surface area contributed by atoms with Gasteiger partial charge in [0, 0.05) is 13.7 Å². The van der Waals surface area contributed by atoms with Gasteiger partial charge >= 0.3 is 0 Å². The summed E-state index contributed by atoms with van der Waals surface area (Å²) in [7, 11) is 1.62. The van der Waals surface area contributed by atoms with Crippen LogP contribution in [0, 0.1) is 0 Å². The van der Waals surface area contributed by atoms with Crippen LogP contribution in [0.1, 0.15) is 23.9 Å². The van der Waals surface area contributed by atoms with E-state index >= 15 is 0 Å². The van der Waals surface area contributed by atoms with Gasteiger partial charge in [0.2, 0.25) is 5.91 Å². The molecule has 3 rings (SSSR count). The van der Waals surface area contributed by atoms with Crippen molar-refractivity contribution in [3.05, 3.63) is 29.3 Å². The zero-order valence-electron chi connectivity index (χ0n) is 12.7. The third-order valence-corrected chi connectivity index (χ3v) is 4.96. The molecule has 5 nitrogen and oxygen atoms in total. The van der Waals surface area contributed by atoms with Gasteiger partial charge in [-0.2, -0.15) is 0 Å². The molecule has 0 aliphatic carbocycles. The van der Waals surface area contributed by atoms with Gasteiger partial charge in [-0.25, -0.2) is 4.98 Å². The van der Waals surface area contributed by atoms with E-state index in [-0.39, 0.29) is 18.6 Å². The molecule has 2 heterocycles. The number of hydrogen-bond acceptors (Lipinski definition) is 5. The maximum Gasteiger partial charge on any atom is 0.249 e. The first-order chi connectivity index (χ1) is 10.8. The number of likely N-dealkylation sites (tertiary alicyclic amines) is 1. The van der Waals surface area contributed by atoms with Gasteiger partial charge in [0.1, 0.15) is 11.6 Å². The molecule has 6 heteroatoms. The van der Waals surface area contributed by atoms with Crippen LogP contribution in [-0.2, 0) is 14.3 Å². The number of thiazole rings is 1. The van der Waals surface area contributed by atoms with Crippen LogP contribution in [-0.4, -0.2) is 49.3 Å². The molecule has 22 heavy (non-hydrogen) atoms. The highest BCUT2D eigenvalue weighted by molar-refractivity contribution is 7.18. The monoisotopic (exact) mass is 320 g/mol. The van der Waals surface area contributed by atoms with Crippen molar-refractivity contribution in [1.82, 2.24) is 9.88 Å². The van der Waals surface area contributed by atoms with Crippen molar-refractivity contribution in [2.45, 2.75) is 18.9 Å². The first kappa shape index (κ1) is 15.4. The Morgan fingerprint density at radius 2 is 2.27 bits per heavy atom. The first-order valence-electron chi connectivity index (χ1n) is 7.51. The molecule has 1 atom stereocenters. The number of ether oxygens (including phenoxy) is 2. The number of aromatic nitrogens is 1. The van der Waals surface area contributed by atoms with E-state index in [9.17, 15) is 4.79 Å². The predicted octanol–water partition coefficient (Wildman–Crippen LogP) is 2.62. The standard InChI is InChI=1S/C16H20N2O3S/c1-20-9-10-21-11-15(19)18-8-4-6-13(18)16-17-12-5-2-3-7-14(12)22-16/h2-3,5,7,13H,4,6,8-11H2,1H3. The number of nitrogens with zero attached hydrogens (tertiary/aromatic N) is 2. The van der Waals surface area contributed by atoms with Crippen LogP contribution in [0.3, 0.4) is 0 Å². The van der Waals surface area contributed by atoms with E-state index in [1.807, 2.05) is 23.1 Å². The van der Waals surface area contributed by atoms with Gasteiger partial charge in [-0.1, -0.05) is 12.1 Å². The minimum atomic E-state index is 0.0397. The molecular formula is C16H20N2O3S. The van der Waals surface area contributed by atoms with Crippen LogP contribution in [0.2, 0.25) is 0 Å². The van der Waals surface area contributed by atoms with Crippen LogP contribution in [0.25, 0.3) is 10.2 Å². The summed E-state index contributed by atoms with van der Waals surface area (Å²) in [6.45, 7) is 1.86. The van der Waals surface area contributed by atoms with Crippen molar-refractivity contribution in [2.75, 3.05) is 33.5 Å². The summed E-state index contributed by atoms with van der Waals surface area (Å²) < 4.78 is 11.4. The number of fused-ring (bicyclic) bond motifs is 1. The van der Waals surface area contributed by atoms with Gasteiger partial charge in [0.15, 0.2) is 0 Å². The van der Waals surface area contributed by atoms with Crippen molar-refractivity contribution in [1.29, 1.82) is 0 Å². The molecule has 0 spiro atoms. The topological polar surface area (TPSA) is 51.7 Å².